The fourth-order valence-corrected chi connectivity index (χ4v) is 4.12. The maximum Gasteiger partial charge on any atom is 0.295 e. The van der Waals surface area contributed by atoms with Crippen molar-refractivity contribution < 1.29 is 24.2 Å². The van der Waals surface area contributed by atoms with Gasteiger partial charge in [0.05, 0.1) is 24.8 Å². The monoisotopic (exact) mass is 466 g/mol. The Labute approximate surface area is 201 Å². The predicted molar refractivity (Wildman–Crippen MR) is 132 cm³/mol. The van der Waals surface area contributed by atoms with E-state index in [-0.39, 0.29) is 11.3 Å². The third-order valence-electron chi connectivity index (χ3n) is 5.75. The van der Waals surface area contributed by atoms with Crippen molar-refractivity contribution in [3.63, 3.8) is 0 Å². The predicted octanol–water partition coefficient (Wildman–Crippen LogP) is 4.17. The first-order valence-electron chi connectivity index (χ1n) is 11.7. The van der Waals surface area contributed by atoms with Crippen LogP contribution in [0, 0.1) is 6.92 Å². The lowest BCUT2D eigenvalue weighted by Gasteiger charge is -2.26. The van der Waals surface area contributed by atoms with Crippen molar-refractivity contribution in [2.24, 2.45) is 0 Å². The van der Waals surface area contributed by atoms with Gasteiger partial charge in [-0.15, -0.1) is 0 Å². The summed E-state index contributed by atoms with van der Waals surface area (Å²) < 4.78 is 11.5. The van der Waals surface area contributed by atoms with Gasteiger partial charge in [0.15, 0.2) is 11.5 Å². The lowest BCUT2D eigenvalue weighted by Crippen LogP contribution is -2.32. The minimum atomic E-state index is -0.724. The van der Waals surface area contributed by atoms with Crippen LogP contribution >= 0.6 is 0 Å². The van der Waals surface area contributed by atoms with Gasteiger partial charge in [-0.3, -0.25) is 9.59 Å². The van der Waals surface area contributed by atoms with Gasteiger partial charge in [0.25, 0.3) is 11.7 Å². The average molecular weight is 467 g/mol. The summed E-state index contributed by atoms with van der Waals surface area (Å²) in [6, 6.07) is 11.9. The number of carbonyl (C=O) groups excluding carboxylic acids is 2. The largest absolute Gasteiger partial charge is 0.507 e. The molecule has 1 N–H and O–H groups in total. The van der Waals surface area contributed by atoms with Crippen molar-refractivity contribution in [2.45, 2.75) is 33.2 Å². The summed E-state index contributed by atoms with van der Waals surface area (Å²) in [5.41, 5.74) is 2.30. The number of hydrogen-bond acceptors (Lipinski definition) is 6. The highest BCUT2D eigenvalue weighted by Gasteiger charge is 2.46. The Kier molecular flexibility index (Phi) is 8.34. The number of likely N-dealkylation sites (tertiary alicyclic amines) is 1. The van der Waals surface area contributed by atoms with E-state index >= 15 is 0 Å². The zero-order chi connectivity index (χ0) is 24.8. The Morgan fingerprint density at radius 1 is 1.00 bits per heavy atom. The summed E-state index contributed by atoms with van der Waals surface area (Å²) in [7, 11) is 3.92. The van der Waals surface area contributed by atoms with Gasteiger partial charge in [-0.2, -0.15) is 0 Å². The summed E-state index contributed by atoms with van der Waals surface area (Å²) in [4.78, 5) is 29.9. The van der Waals surface area contributed by atoms with Gasteiger partial charge in [-0.1, -0.05) is 35.9 Å². The highest BCUT2D eigenvalue weighted by atomic mass is 16.5. The van der Waals surface area contributed by atoms with Crippen LogP contribution in [0.3, 0.4) is 0 Å². The summed E-state index contributed by atoms with van der Waals surface area (Å²) >= 11 is 0. The Hall–Kier alpha value is -3.32. The summed E-state index contributed by atoms with van der Waals surface area (Å²) in [5, 5.41) is 11.2. The number of ether oxygens (including phenoxy) is 2. The molecule has 3 rings (SSSR count). The number of hydrogen-bond donors (Lipinski definition) is 1. The van der Waals surface area contributed by atoms with Crippen LogP contribution in [0.4, 0.5) is 0 Å². The molecular formula is C27H34N2O5. The standard InChI is InChI=1S/C27H34N2O5/c1-6-33-21-14-13-20(17-22(21)34-7-2)24-23(25(30)19-11-9-18(3)10-12-19)26(31)27(32)29(24)16-8-15-28(4)5/h9-14,17,24,30H,6-8,15-16H2,1-5H3/b25-23+/t24-/m1/s1. The quantitative estimate of drug-likeness (QED) is 0.322. The molecule has 1 heterocycles. The molecule has 7 heteroatoms. The Bertz CT molecular complexity index is 1060. The third-order valence-corrected chi connectivity index (χ3v) is 5.75. The van der Waals surface area contributed by atoms with Crippen molar-refractivity contribution in [2.75, 3.05) is 40.4 Å². The van der Waals surface area contributed by atoms with Crippen LogP contribution in [-0.4, -0.2) is 67.0 Å². The smallest absolute Gasteiger partial charge is 0.295 e. The molecule has 1 aliphatic rings. The minimum Gasteiger partial charge on any atom is -0.507 e. The molecule has 2 aromatic rings. The molecule has 1 atom stereocenters. The number of benzene rings is 2. The van der Waals surface area contributed by atoms with Crippen LogP contribution in [0.2, 0.25) is 0 Å². The van der Waals surface area contributed by atoms with Gasteiger partial charge in [0, 0.05) is 12.1 Å². The molecule has 0 bridgehead atoms. The van der Waals surface area contributed by atoms with E-state index in [1.54, 1.807) is 29.2 Å². The molecule has 0 aromatic heterocycles. The van der Waals surface area contributed by atoms with Gasteiger partial charge in [-0.05, 0) is 65.5 Å². The van der Waals surface area contributed by atoms with Crippen LogP contribution in [0.5, 0.6) is 11.5 Å². The highest BCUT2D eigenvalue weighted by Crippen LogP contribution is 2.42. The molecule has 1 fully saturated rings. The second-order valence-electron chi connectivity index (χ2n) is 8.59. The minimum absolute atomic E-state index is 0.0883. The second-order valence-corrected chi connectivity index (χ2v) is 8.59. The molecule has 1 amide bonds. The third kappa shape index (κ3) is 5.42. The van der Waals surface area contributed by atoms with Crippen molar-refractivity contribution in [1.29, 1.82) is 0 Å². The number of Topliss-reactive ketones (excluding diaryl/α,β-unsaturated/α-hetero) is 1. The van der Waals surface area contributed by atoms with Gasteiger partial charge in [0.1, 0.15) is 5.76 Å². The molecule has 182 valence electrons. The normalized spacial score (nSPS) is 17.5. The first kappa shape index (κ1) is 25.3. The van der Waals surface area contributed by atoms with Gasteiger partial charge >= 0.3 is 0 Å². The SMILES string of the molecule is CCOc1ccc([C@@H]2/C(=C(\O)c3ccc(C)cc3)C(=O)C(=O)N2CCCN(C)C)cc1OCC. The summed E-state index contributed by atoms with van der Waals surface area (Å²) in [5.74, 6) is -0.332. The van der Waals surface area contributed by atoms with Crippen molar-refractivity contribution >= 4 is 17.4 Å². The Morgan fingerprint density at radius 3 is 2.26 bits per heavy atom. The van der Waals surface area contributed by atoms with E-state index < -0.39 is 17.7 Å². The number of ketones is 1. The van der Waals surface area contributed by atoms with E-state index in [9.17, 15) is 14.7 Å². The molecule has 1 aliphatic heterocycles. The molecule has 7 nitrogen and oxygen atoms in total. The number of rotatable bonds is 10. The molecular weight excluding hydrogens is 432 g/mol. The maximum atomic E-state index is 13.2. The van der Waals surface area contributed by atoms with Crippen LogP contribution in [-0.2, 0) is 9.59 Å². The number of aryl methyl sites for hydroxylation is 1. The molecule has 0 aliphatic carbocycles. The van der Waals surface area contributed by atoms with Crippen LogP contribution < -0.4 is 9.47 Å². The van der Waals surface area contributed by atoms with E-state index in [0.29, 0.717) is 48.8 Å². The molecule has 34 heavy (non-hydrogen) atoms. The molecule has 1 saturated heterocycles. The molecule has 0 saturated carbocycles. The fourth-order valence-electron chi connectivity index (χ4n) is 4.12. The molecule has 0 radical (unpaired) electrons. The van der Waals surface area contributed by atoms with Crippen LogP contribution in [0.15, 0.2) is 48.0 Å². The van der Waals surface area contributed by atoms with E-state index in [1.807, 2.05) is 58.0 Å². The maximum absolute atomic E-state index is 13.2. The lowest BCUT2D eigenvalue weighted by atomic mass is 9.94. The summed E-state index contributed by atoms with van der Waals surface area (Å²) in [6.07, 6.45) is 0.691. The fraction of sp³-hybridized carbons (Fsp3) is 0.407. The molecule has 0 unspecified atom stereocenters. The number of amides is 1. The number of carbonyl (C=O) groups is 2. The van der Waals surface area contributed by atoms with E-state index in [2.05, 4.69) is 0 Å². The number of aliphatic hydroxyl groups is 1. The van der Waals surface area contributed by atoms with E-state index in [1.165, 1.54) is 0 Å². The second kappa shape index (κ2) is 11.2. The highest BCUT2D eigenvalue weighted by molar-refractivity contribution is 6.46. The summed E-state index contributed by atoms with van der Waals surface area (Å²) in [6.45, 7) is 7.79. The van der Waals surface area contributed by atoms with Crippen LogP contribution in [0.1, 0.15) is 43.0 Å². The van der Waals surface area contributed by atoms with Crippen molar-refractivity contribution in [1.82, 2.24) is 9.80 Å². The first-order valence-corrected chi connectivity index (χ1v) is 11.7. The topological polar surface area (TPSA) is 79.3 Å². The Balaban J connectivity index is 2.13. The van der Waals surface area contributed by atoms with Gasteiger partial charge in [0.2, 0.25) is 0 Å². The van der Waals surface area contributed by atoms with Crippen molar-refractivity contribution in [3.05, 3.63) is 64.7 Å². The zero-order valence-corrected chi connectivity index (χ0v) is 20.6. The average Bonchev–Trinajstić information content (AvgIpc) is 3.05. The number of aliphatic hydroxyl groups excluding tert-OH is 1. The Morgan fingerprint density at radius 2 is 1.65 bits per heavy atom. The first-order chi connectivity index (χ1) is 16.3. The lowest BCUT2D eigenvalue weighted by molar-refractivity contribution is -0.139. The van der Waals surface area contributed by atoms with Gasteiger partial charge < -0.3 is 24.4 Å². The zero-order valence-electron chi connectivity index (χ0n) is 20.6. The van der Waals surface area contributed by atoms with Crippen molar-refractivity contribution in [3.8, 4) is 11.5 Å². The van der Waals surface area contributed by atoms with Gasteiger partial charge in [-0.25, -0.2) is 0 Å². The van der Waals surface area contributed by atoms with E-state index in [4.69, 9.17) is 9.47 Å². The molecule has 0 spiro atoms. The van der Waals surface area contributed by atoms with E-state index in [0.717, 1.165) is 12.1 Å². The number of nitrogens with zero attached hydrogens (tertiary/aromatic N) is 2. The molecule has 2 aromatic carbocycles. The van der Waals surface area contributed by atoms with Crippen LogP contribution in [0.25, 0.3) is 5.76 Å².